The van der Waals surface area contributed by atoms with E-state index in [9.17, 15) is 9.59 Å². The van der Waals surface area contributed by atoms with Gasteiger partial charge in [-0.25, -0.2) is 4.98 Å². The molecule has 0 bridgehead atoms. The molecule has 0 radical (unpaired) electrons. The number of nitrogens with zero attached hydrogens (tertiary/aromatic N) is 2. The fourth-order valence-electron chi connectivity index (χ4n) is 2.50. The molecule has 1 unspecified atom stereocenters. The number of carbonyl (C=O) groups excluding carboxylic acids is 1. The Labute approximate surface area is 172 Å². The molecule has 0 aliphatic rings. The molecular weight excluding hydrogens is 430 g/mol. The second-order valence-corrected chi connectivity index (χ2v) is 8.09. The second-order valence-electron chi connectivity index (χ2n) is 6.23. The first kappa shape index (κ1) is 21.9. The first-order chi connectivity index (χ1) is 13.0. The molecule has 0 fully saturated rings. The van der Waals surface area contributed by atoms with Crippen LogP contribution < -0.4 is 10.9 Å². The number of amides is 1. The molecule has 1 amide bonds. The van der Waals surface area contributed by atoms with Gasteiger partial charge in [0, 0.05) is 30.3 Å². The van der Waals surface area contributed by atoms with E-state index >= 15 is 0 Å². The smallest absolute Gasteiger partial charge is 0.262 e. The maximum Gasteiger partial charge on any atom is 0.262 e. The van der Waals surface area contributed by atoms with Crippen molar-refractivity contribution >= 4 is 44.5 Å². The summed E-state index contributed by atoms with van der Waals surface area (Å²) in [6.45, 7) is 7.67. The zero-order chi connectivity index (χ0) is 19.8. The molecule has 2 rings (SSSR count). The van der Waals surface area contributed by atoms with E-state index in [2.05, 4.69) is 26.2 Å². The highest BCUT2D eigenvalue weighted by Gasteiger charge is 2.14. The molecule has 0 aliphatic heterocycles. The molecule has 0 aliphatic carbocycles. The molecule has 0 saturated carbocycles. The van der Waals surface area contributed by atoms with Crippen molar-refractivity contribution in [1.29, 1.82) is 0 Å². The van der Waals surface area contributed by atoms with Gasteiger partial charge in [-0.15, -0.1) is 0 Å². The van der Waals surface area contributed by atoms with Crippen molar-refractivity contribution in [3.05, 3.63) is 33.0 Å². The number of rotatable bonds is 10. The number of hydrogen-bond acceptors (Lipinski definition) is 5. The Morgan fingerprint density at radius 1 is 1.41 bits per heavy atom. The topological polar surface area (TPSA) is 73.2 Å². The minimum atomic E-state index is -0.0948. The third-order valence-electron chi connectivity index (χ3n) is 4.11. The van der Waals surface area contributed by atoms with Crippen LogP contribution in [-0.2, 0) is 16.1 Å². The summed E-state index contributed by atoms with van der Waals surface area (Å²) in [6.07, 6.45) is 1.59. The van der Waals surface area contributed by atoms with Crippen molar-refractivity contribution in [1.82, 2.24) is 14.9 Å². The molecule has 2 aromatic rings. The van der Waals surface area contributed by atoms with E-state index in [1.165, 1.54) is 11.8 Å². The Morgan fingerprint density at radius 2 is 2.19 bits per heavy atom. The highest BCUT2D eigenvalue weighted by molar-refractivity contribution is 9.10. The van der Waals surface area contributed by atoms with Crippen molar-refractivity contribution in [3.8, 4) is 0 Å². The summed E-state index contributed by atoms with van der Waals surface area (Å²) < 4.78 is 7.87. The summed E-state index contributed by atoms with van der Waals surface area (Å²) in [7, 11) is 0. The number of aromatic nitrogens is 2. The minimum absolute atomic E-state index is 0.0552. The Balaban J connectivity index is 2.27. The number of nitrogens with one attached hydrogen (secondary N) is 1. The quantitative estimate of drug-likeness (QED) is 0.336. The molecule has 1 aromatic heterocycles. The molecule has 0 saturated heterocycles. The van der Waals surface area contributed by atoms with E-state index in [1.54, 1.807) is 10.6 Å². The van der Waals surface area contributed by atoms with Gasteiger partial charge in [0.05, 0.1) is 16.7 Å². The van der Waals surface area contributed by atoms with Gasteiger partial charge in [0.25, 0.3) is 5.56 Å². The number of halogens is 1. The SMILES string of the molecule is CCOCCCn1c(SCC(=O)NC(C)CC)nc2ccc(Br)cc2c1=O. The van der Waals surface area contributed by atoms with Gasteiger partial charge in [-0.05, 0) is 44.9 Å². The molecule has 6 nitrogen and oxygen atoms in total. The molecule has 27 heavy (non-hydrogen) atoms. The lowest BCUT2D eigenvalue weighted by atomic mass is 10.2. The van der Waals surface area contributed by atoms with Gasteiger partial charge in [-0.2, -0.15) is 0 Å². The van der Waals surface area contributed by atoms with Crippen molar-refractivity contribution in [2.45, 2.75) is 51.4 Å². The van der Waals surface area contributed by atoms with Crippen molar-refractivity contribution in [2.24, 2.45) is 0 Å². The molecular formula is C19H26BrN3O3S. The first-order valence-electron chi connectivity index (χ1n) is 9.16. The first-order valence-corrected chi connectivity index (χ1v) is 10.9. The zero-order valence-corrected chi connectivity index (χ0v) is 18.4. The predicted molar refractivity (Wildman–Crippen MR) is 113 cm³/mol. The van der Waals surface area contributed by atoms with Crippen LogP contribution in [0.3, 0.4) is 0 Å². The third kappa shape index (κ3) is 6.33. The largest absolute Gasteiger partial charge is 0.382 e. The lowest BCUT2D eigenvalue weighted by Crippen LogP contribution is -2.33. The fourth-order valence-corrected chi connectivity index (χ4v) is 3.70. The van der Waals surface area contributed by atoms with Crippen LogP contribution in [0.2, 0.25) is 0 Å². The normalized spacial score (nSPS) is 12.3. The van der Waals surface area contributed by atoms with Gasteiger partial charge in [0.15, 0.2) is 5.16 Å². The molecule has 1 heterocycles. The Kier molecular flexibility index (Phi) is 8.79. The summed E-state index contributed by atoms with van der Waals surface area (Å²) >= 11 is 4.70. The summed E-state index contributed by atoms with van der Waals surface area (Å²) in [6, 6.07) is 5.59. The number of carbonyl (C=O) groups is 1. The molecule has 0 spiro atoms. The van der Waals surface area contributed by atoms with Gasteiger partial charge < -0.3 is 10.1 Å². The van der Waals surface area contributed by atoms with Gasteiger partial charge in [-0.3, -0.25) is 14.2 Å². The third-order valence-corrected chi connectivity index (χ3v) is 5.58. The average molecular weight is 456 g/mol. The molecule has 1 aromatic carbocycles. The predicted octanol–water partition coefficient (Wildman–Crippen LogP) is 3.59. The van der Waals surface area contributed by atoms with Crippen LogP contribution in [0.5, 0.6) is 0 Å². The summed E-state index contributed by atoms with van der Waals surface area (Å²) in [5.41, 5.74) is 0.539. The molecule has 1 atom stereocenters. The van der Waals surface area contributed by atoms with Crippen LogP contribution in [0.1, 0.15) is 33.6 Å². The number of hydrogen-bond donors (Lipinski definition) is 1. The lowest BCUT2D eigenvalue weighted by molar-refractivity contribution is -0.119. The fraction of sp³-hybridized carbons (Fsp3) is 0.526. The van der Waals surface area contributed by atoms with Crippen molar-refractivity contribution in [3.63, 3.8) is 0 Å². The average Bonchev–Trinajstić information content (AvgIpc) is 2.65. The highest BCUT2D eigenvalue weighted by atomic mass is 79.9. The van der Waals surface area contributed by atoms with Gasteiger partial charge in [0.1, 0.15) is 0 Å². The number of ether oxygens (including phenoxy) is 1. The van der Waals surface area contributed by atoms with E-state index in [4.69, 9.17) is 4.74 Å². The summed E-state index contributed by atoms with van der Waals surface area (Å²) in [4.78, 5) is 29.7. The van der Waals surface area contributed by atoms with Crippen LogP contribution in [0, 0.1) is 0 Å². The molecule has 148 valence electrons. The Hall–Kier alpha value is -1.38. The lowest BCUT2D eigenvalue weighted by Gasteiger charge is -2.14. The van der Waals surface area contributed by atoms with E-state index in [1.807, 2.05) is 32.9 Å². The van der Waals surface area contributed by atoms with Crippen LogP contribution in [0.25, 0.3) is 10.9 Å². The Bertz CT molecular complexity index is 841. The maximum atomic E-state index is 13.0. The van der Waals surface area contributed by atoms with Gasteiger partial charge in [-0.1, -0.05) is 34.6 Å². The Morgan fingerprint density at radius 3 is 2.89 bits per heavy atom. The molecule has 8 heteroatoms. The monoisotopic (exact) mass is 455 g/mol. The van der Waals surface area contributed by atoms with Crippen molar-refractivity contribution < 1.29 is 9.53 Å². The number of fused-ring (bicyclic) bond motifs is 1. The van der Waals surface area contributed by atoms with Crippen LogP contribution in [0.15, 0.2) is 32.6 Å². The standard InChI is InChI=1S/C19H26BrN3O3S/c1-4-13(3)21-17(24)12-27-19-22-16-8-7-14(20)11-15(16)18(25)23(19)9-6-10-26-5-2/h7-8,11,13H,4-6,9-10,12H2,1-3H3,(H,21,24). The van der Waals surface area contributed by atoms with Gasteiger partial charge >= 0.3 is 0 Å². The zero-order valence-electron chi connectivity index (χ0n) is 16.0. The number of thioether (sulfide) groups is 1. The van der Waals surface area contributed by atoms with Crippen LogP contribution in [-0.4, -0.2) is 40.5 Å². The van der Waals surface area contributed by atoms with E-state index in [0.29, 0.717) is 42.2 Å². The highest BCUT2D eigenvalue weighted by Crippen LogP contribution is 2.21. The minimum Gasteiger partial charge on any atom is -0.382 e. The maximum absolute atomic E-state index is 13.0. The van der Waals surface area contributed by atoms with Crippen LogP contribution in [0.4, 0.5) is 0 Å². The summed E-state index contributed by atoms with van der Waals surface area (Å²) in [5.74, 6) is 0.171. The van der Waals surface area contributed by atoms with E-state index < -0.39 is 0 Å². The van der Waals surface area contributed by atoms with Crippen LogP contribution >= 0.6 is 27.7 Å². The second kappa shape index (κ2) is 10.8. The number of benzene rings is 1. The summed E-state index contributed by atoms with van der Waals surface area (Å²) in [5, 5.41) is 4.06. The molecule has 1 N–H and O–H groups in total. The van der Waals surface area contributed by atoms with E-state index in [0.717, 1.165) is 10.9 Å². The van der Waals surface area contributed by atoms with Crippen molar-refractivity contribution in [2.75, 3.05) is 19.0 Å². The van der Waals surface area contributed by atoms with Gasteiger partial charge in [0.2, 0.25) is 5.91 Å². The van der Waals surface area contributed by atoms with E-state index in [-0.39, 0.29) is 23.3 Å².